The van der Waals surface area contributed by atoms with Crippen molar-refractivity contribution in [2.45, 2.75) is 33.7 Å². The van der Waals surface area contributed by atoms with E-state index in [4.69, 9.17) is 0 Å². The highest BCUT2D eigenvalue weighted by Crippen LogP contribution is 2.01. The van der Waals surface area contributed by atoms with E-state index in [2.05, 4.69) is 41.3 Å². The average molecular weight is 411 g/mol. The summed E-state index contributed by atoms with van der Waals surface area (Å²) in [5.74, 6) is 1.06. The van der Waals surface area contributed by atoms with Crippen molar-refractivity contribution in [3.8, 4) is 0 Å². The smallest absolute Gasteiger partial charge is 0.219 e. The largest absolute Gasteiger partial charge is 0.357 e. The van der Waals surface area contributed by atoms with Crippen molar-refractivity contribution < 1.29 is 4.79 Å². The van der Waals surface area contributed by atoms with Crippen molar-refractivity contribution in [1.82, 2.24) is 20.4 Å². The minimum Gasteiger partial charge on any atom is -0.357 e. The average Bonchev–Trinajstić information content (AvgIpc) is 2.39. The first-order valence-electron chi connectivity index (χ1n) is 7.55. The van der Waals surface area contributed by atoms with Crippen molar-refractivity contribution in [3.63, 3.8) is 0 Å². The Hall–Kier alpha value is -0.570. The molecule has 0 radical (unpaired) electrons. The van der Waals surface area contributed by atoms with Gasteiger partial charge in [-0.25, -0.2) is 0 Å². The third-order valence-corrected chi connectivity index (χ3v) is 3.27. The quantitative estimate of drug-likeness (QED) is 0.398. The fourth-order valence-electron chi connectivity index (χ4n) is 2.18. The molecule has 1 amide bonds. The third kappa shape index (κ3) is 8.45. The lowest BCUT2D eigenvalue weighted by atomic mass is 10.3. The third-order valence-electron chi connectivity index (χ3n) is 3.27. The van der Waals surface area contributed by atoms with E-state index in [1.165, 1.54) is 0 Å². The van der Waals surface area contributed by atoms with E-state index >= 15 is 0 Å². The fraction of sp³-hybridized carbons (Fsp3) is 0.857. The van der Waals surface area contributed by atoms with Crippen LogP contribution in [0.4, 0.5) is 0 Å². The van der Waals surface area contributed by atoms with Crippen LogP contribution in [0.3, 0.4) is 0 Å². The maximum Gasteiger partial charge on any atom is 0.219 e. The fourth-order valence-corrected chi connectivity index (χ4v) is 2.18. The number of nitrogens with zero attached hydrogens (tertiary/aromatic N) is 3. The Bertz CT molecular complexity index is 327. The van der Waals surface area contributed by atoms with Crippen LogP contribution in [0.15, 0.2) is 4.99 Å². The summed E-state index contributed by atoms with van der Waals surface area (Å²) >= 11 is 0. The summed E-state index contributed by atoms with van der Waals surface area (Å²) in [5.41, 5.74) is 0. The summed E-state index contributed by atoms with van der Waals surface area (Å²) in [4.78, 5) is 20.1. The summed E-state index contributed by atoms with van der Waals surface area (Å²) < 4.78 is 0. The standard InChI is InChI=1S/C14H29N5O.HI/c1-5-15-14(17-12(2)3)16-6-7-18-8-10-19(11-9-18)13(4)20;/h12H,5-11H2,1-4H3,(H2,15,16,17);1H. The molecule has 0 atom stereocenters. The first-order chi connectivity index (χ1) is 9.52. The van der Waals surface area contributed by atoms with Gasteiger partial charge in [-0.2, -0.15) is 0 Å². The molecule has 1 heterocycles. The van der Waals surface area contributed by atoms with Gasteiger partial charge in [0.25, 0.3) is 0 Å². The molecule has 1 aliphatic rings. The van der Waals surface area contributed by atoms with E-state index < -0.39 is 0 Å². The second-order valence-corrected chi connectivity index (χ2v) is 5.41. The zero-order chi connectivity index (χ0) is 15.0. The molecule has 6 nitrogen and oxygen atoms in total. The molecular weight excluding hydrogens is 381 g/mol. The Balaban J connectivity index is 0.00000400. The van der Waals surface area contributed by atoms with Gasteiger partial charge in [-0.15, -0.1) is 24.0 Å². The number of carbonyl (C=O) groups excluding carboxylic acids is 1. The number of amides is 1. The zero-order valence-corrected chi connectivity index (χ0v) is 16.0. The van der Waals surface area contributed by atoms with E-state index in [1.54, 1.807) is 6.92 Å². The van der Waals surface area contributed by atoms with Gasteiger partial charge in [-0.1, -0.05) is 0 Å². The molecule has 0 unspecified atom stereocenters. The number of hydrogen-bond acceptors (Lipinski definition) is 3. The molecule has 0 aliphatic carbocycles. The molecule has 0 aromatic heterocycles. The SMILES string of the molecule is CCNC(=NCCN1CCN(C(C)=O)CC1)NC(C)C.I. The molecule has 1 rings (SSSR count). The molecule has 0 spiro atoms. The van der Waals surface area contributed by atoms with E-state index in [1.807, 2.05) is 4.90 Å². The summed E-state index contributed by atoms with van der Waals surface area (Å²) in [6.07, 6.45) is 0. The first-order valence-corrected chi connectivity index (χ1v) is 7.55. The maximum atomic E-state index is 11.3. The van der Waals surface area contributed by atoms with Crippen molar-refractivity contribution in [2.75, 3.05) is 45.8 Å². The topological polar surface area (TPSA) is 60.0 Å². The first kappa shape index (κ1) is 20.4. The second-order valence-electron chi connectivity index (χ2n) is 5.41. The normalized spacial score (nSPS) is 16.6. The number of rotatable bonds is 5. The number of halogens is 1. The lowest BCUT2D eigenvalue weighted by molar-refractivity contribution is -0.130. The molecule has 2 N–H and O–H groups in total. The van der Waals surface area contributed by atoms with Crippen molar-refractivity contribution in [2.24, 2.45) is 4.99 Å². The van der Waals surface area contributed by atoms with Crippen LogP contribution in [0, 0.1) is 0 Å². The van der Waals surface area contributed by atoms with Crippen LogP contribution in [-0.4, -0.2) is 73.5 Å². The van der Waals surface area contributed by atoms with Gasteiger partial charge in [0.15, 0.2) is 5.96 Å². The van der Waals surface area contributed by atoms with Crippen LogP contribution in [0.2, 0.25) is 0 Å². The number of nitrogens with one attached hydrogen (secondary N) is 2. The molecule has 7 heteroatoms. The Labute approximate surface area is 145 Å². The van der Waals surface area contributed by atoms with Gasteiger partial charge < -0.3 is 15.5 Å². The highest BCUT2D eigenvalue weighted by molar-refractivity contribution is 14.0. The van der Waals surface area contributed by atoms with Crippen molar-refractivity contribution >= 4 is 35.8 Å². The monoisotopic (exact) mass is 411 g/mol. The summed E-state index contributed by atoms with van der Waals surface area (Å²) in [6.45, 7) is 14.1. The maximum absolute atomic E-state index is 11.3. The van der Waals surface area contributed by atoms with E-state index in [0.29, 0.717) is 6.04 Å². The highest BCUT2D eigenvalue weighted by Gasteiger charge is 2.17. The summed E-state index contributed by atoms with van der Waals surface area (Å²) in [5, 5.41) is 6.55. The van der Waals surface area contributed by atoms with Gasteiger partial charge in [-0.3, -0.25) is 14.7 Å². The second kappa shape index (κ2) is 11.1. The molecule has 1 saturated heterocycles. The Kier molecular flexibility index (Phi) is 10.8. The minimum atomic E-state index is 0. The highest BCUT2D eigenvalue weighted by atomic mass is 127. The van der Waals surface area contributed by atoms with Crippen LogP contribution in [0.1, 0.15) is 27.7 Å². The number of carbonyl (C=O) groups is 1. The van der Waals surface area contributed by atoms with Crippen molar-refractivity contribution in [3.05, 3.63) is 0 Å². The molecule has 21 heavy (non-hydrogen) atoms. The van der Waals surface area contributed by atoms with Crippen LogP contribution in [0.5, 0.6) is 0 Å². The van der Waals surface area contributed by atoms with Gasteiger partial charge >= 0.3 is 0 Å². The Morgan fingerprint density at radius 2 is 1.86 bits per heavy atom. The number of hydrogen-bond donors (Lipinski definition) is 2. The zero-order valence-electron chi connectivity index (χ0n) is 13.7. The van der Waals surface area contributed by atoms with Crippen LogP contribution >= 0.6 is 24.0 Å². The number of aliphatic imine (C=N–C) groups is 1. The van der Waals surface area contributed by atoms with Crippen LogP contribution < -0.4 is 10.6 Å². The summed E-state index contributed by atoms with van der Waals surface area (Å²) in [7, 11) is 0. The van der Waals surface area contributed by atoms with Gasteiger partial charge in [0.2, 0.25) is 5.91 Å². The molecule has 1 fully saturated rings. The lowest BCUT2D eigenvalue weighted by Crippen LogP contribution is -2.48. The molecule has 0 saturated carbocycles. The van der Waals surface area contributed by atoms with E-state index in [0.717, 1.165) is 51.8 Å². The molecule has 0 bridgehead atoms. The lowest BCUT2D eigenvalue weighted by Gasteiger charge is -2.33. The van der Waals surface area contributed by atoms with Gasteiger partial charge in [-0.05, 0) is 20.8 Å². The van der Waals surface area contributed by atoms with E-state index in [-0.39, 0.29) is 29.9 Å². The predicted molar refractivity (Wildman–Crippen MR) is 98.4 cm³/mol. The molecular formula is C14H30IN5O. The van der Waals surface area contributed by atoms with Gasteiger partial charge in [0, 0.05) is 52.2 Å². The predicted octanol–water partition coefficient (Wildman–Crippen LogP) is 0.732. The molecule has 0 aromatic rings. The summed E-state index contributed by atoms with van der Waals surface area (Å²) in [6, 6.07) is 0.381. The van der Waals surface area contributed by atoms with Crippen LogP contribution in [-0.2, 0) is 4.79 Å². The van der Waals surface area contributed by atoms with Gasteiger partial charge in [0.05, 0.1) is 6.54 Å². The van der Waals surface area contributed by atoms with Crippen molar-refractivity contribution in [1.29, 1.82) is 0 Å². The van der Waals surface area contributed by atoms with Crippen LogP contribution in [0.25, 0.3) is 0 Å². The molecule has 1 aliphatic heterocycles. The molecule has 0 aromatic carbocycles. The number of piperazine rings is 1. The minimum absolute atomic E-state index is 0. The number of guanidine groups is 1. The van der Waals surface area contributed by atoms with E-state index in [9.17, 15) is 4.79 Å². The Morgan fingerprint density at radius 3 is 2.33 bits per heavy atom. The van der Waals surface area contributed by atoms with Gasteiger partial charge in [0.1, 0.15) is 0 Å². The Morgan fingerprint density at radius 1 is 1.24 bits per heavy atom. The molecule has 124 valence electrons.